The molecule has 0 unspecified atom stereocenters. The molecule has 0 bridgehead atoms. The minimum atomic E-state index is -1.63. The Morgan fingerprint density at radius 2 is 0.923 bits per heavy atom. The van der Waals surface area contributed by atoms with Crippen molar-refractivity contribution in [2.75, 3.05) is 52.5 Å². The van der Waals surface area contributed by atoms with Crippen molar-refractivity contribution in [2.24, 2.45) is 0 Å². The van der Waals surface area contributed by atoms with E-state index in [1.54, 1.807) is 60.7 Å². The van der Waals surface area contributed by atoms with Crippen LogP contribution >= 0.6 is 0 Å². The van der Waals surface area contributed by atoms with Crippen molar-refractivity contribution in [1.82, 2.24) is 14.7 Å². The first-order chi connectivity index (χ1) is 23.4. The van der Waals surface area contributed by atoms with E-state index in [0.717, 1.165) is 20.9 Å². The van der Waals surface area contributed by atoms with Crippen LogP contribution in [0.1, 0.15) is 37.3 Å². The largest absolute Gasteiger partial charge is 3.00 e. The number of unbranched alkanes of at least 4 members (excludes halogenated alkanes) is 1. The topological polar surface area (TPSA) is 229 Å². The second-order valence-corrected chi connectivity index (χ2v) is 11.4. The zero-order chi connectivity index (χ0) is 36.2. The van der Waals surface area contributed by atoms with Crippen LogP contribution in [-0.4, -0.2) is 115 Å². The van der Waals surface area contributed by atoms with Gasteiger partial charge in [-0.25, -0.2) is 0 Å². The summed E-state index contributed by atoms with van der Waals surface area (Å²) in [4.78, 5) is 63.2. The average Bonchev–Trinajstić information content (AvgIpc) is 3.05. The molecule has 0 aliphatic heterocycles. The summed E-state index contributed by atoms with van der Waals surface area (Å²) in [5, 5.41) is 59.8. The summed E-state index contributed by atoms with van der Waals surface area (Å²) in [6.07, 6.45) is 1.15. The van der Waals surface area contributed by atoms with Crippen LogP contribution in [-0.2, 0) is 46.7 Å². The zero-order valence-corrected chi connectivity index (χ0v) is 36.1. The Morgan fingerprint density at radius 3 is 1.23 bits per heavy atom. The summed E-state index contributed by atoms with van der Waals surface area (Å²) < 4.78 is 11.1. The number of aliphatic carboxylic acids is 5. The smallest absolute Gasteiger partial charge is 0.549 e. The summed E-state index contributed by atoms with van der Waals surface area (Å²) in [6, 6.07) is 13.3. The SMILES string of the molecule is CCCC[C@@H](C(=O)[O-])N(CCN(CC(=O)[O-])[C@@H](COCc1ccccc1)C(=O)[O-])CCN(CC(=O)[O-])[C@@H](COCc1ccccc1)C(=O)[O-].[Gd+3].[Na+].[Na+]. The predicted octanol–water partition coefficient (Wildman–Crippen LogP) is -10.6. The summed E-state index contributed by atoms with van der Waals surface area (Å²) in [6.45, 7) is -1.84. The van der Waals surface area contributed by atoms with Crippen molar-refractivity contribution in [2.45, 2.75) is 57.5 Å². The second-order valence-electron chi connectivity index (χ2n) is 11.4. The van der Waals surface area contributed by atoms with Gasteiger partial charge in [-0.05, 0) is 17.5 Å². The fourth-order valence-electron chi connectivity index (χ4n) is 5.18. The van der Waals surface area contributed by atoms with E-state index in [1.807, 2.05) is 6.92 Å². The number of carboxylic acid groups (broad SMARTS) is 5. The van der Waals surface area contributed by atoms with Gasteiger partial charge in [-0.15, -0.1) is 0 Å². The fraction of sp³-hybridized carbons (Fsp3) is 0.500. The van der Waals surface area contributed by atoms with Crippen molar-refractivity contribution in [3.05, 3.63) is 71.8 Å². The number of carbonyl (C=O) groups excluding carboxylic acids is 5. The van der Waals surface area contributed by atoms with Crippen LogP contribution in [0.2, 0.25) is 0 Å². The van der Waals surface area contributed by atoms with Gasteiger partial charge in [-0.2, -0.15) is 0 Å². The van der Waals surface area contributed by atoms with Crippen molar-refractivity contribution >= 4 is 29.8 Å². The summed E-state index contributed by atoms with van der Waals surface area (Å²) >= 11 is 0. The number of nitrogens with zero attached hydrogens (tertiary/aromatic N) is 3. The first kappa shape index (κ1) is 53.0. The van der Waals surface area contributed by atoms with Crippen molar-refractivity contribution in [1.29, 1.82) is 0 Å². The van der Waals surface area contributed by atoms with Gasteiger partial charge in [-0.1, -0.05) is 80.4 Å². The number of hydrogen-bond acceptors (Lipinski definition) is 15. The van der Waals surface area contributed by atoms with Crippen LogP contribution in [0.15, 0.2) is 60.7 Å². The number of hydrogen-bond donors (Lipinski definition) is 0. The Morgan fingerprint density at radius 1 is 0.577 bits per heavy atom. The maximum absolute atomic E-state index is 12.3. The van der Waals surface area contributed by atoms with Gasteiger partial charge in [0.1, 0.15) is 0 Å². The number of carbonyl (C=O) groups is 5. The molecule has 0 fully saturated rings. The van der Waals surface area contributed by atoms with Crippen LogP contribution in [0.3, 0.4) is 0 Å². The minimum absolute atomic E-state index is 0. The maximum Gasteiger partial charge on any atom is 3.00 e. The molecule has 0 N–H and O–H groups in total. The predicted molar refractivity (Wildman–Crippen MR) is 163 cm³/mol. The molecule has 0 spiro atoms. The quantitative estimate of drug-likeness (QED) is 0.0759. The van der Waals surface area contributed by atoms with E-state index < -0.39 is 74.3 Å². The van der Waals surface area contributed by atoms with Crippen LogP contribution < -0.4 is 84.6 Å². The molecule has 0 heterocycles. The van der Waals surface area contributed by atoms with E-state index in [1.165, 1.54) is 4.90 Å². The van der Waals surface area contributed by atoms with Crippen molar-refractivity contribution in [3.63, 3.8) is 0 Å². The van der Waals surface area contributed by atoms with Gasteiger partial charge >= 0.3 is 99.1 Å². The molecule has 2 aromatic rings. The minimum Gasteiger partial charge on any atom is -0.549 e. The van der Waals surface area contributed by atoms with E-state index in [2.05, 4.69) is 0 Å². The molecule has 2 rings (SSSR count). The molecule has 0 amide bonds. The molecule has 0 aromatic heterocycles. The standard InChI is InChI=1S/C34H47N3O12.Gd.2Na/c1-2-3-14-27(32(42)43)35(15-17-36(19-30(38)39)28(33(44)45)23-48-21-25-10-6-4-7-11-25)16-18-37(20-31(40)41)29(34(46)47)24-49-22-26-12-8-5-9-13-26;;;/h4-13,27-29H,2-3,14-24H2,1H3,(H,38,39)(H,40,41)(H,42,43)(H,44,45)(H,46,47);;;/q;+3;2*+1/p-5/t27-,28-,29-;;;/m0.../s1. The molecule has 18 heteroatoms. The summed E-state index contributed by atoms with van der Waals surface area (Å²) in [5.41, 5.74) is 1.48. The molecule has 0 aliphatic carbocycles. The van der Waals surface area contributed by atoms with Gasteiger partial charge in [0.2, 0.25) is 0 Å². The van der Waals surface area contributed by atoms with Gasteiger partial charge < -0.3 is 59.0 Å². The molecular formula is C34H42GdN3Na2O12. The number of carboxylic acids is 5. The van der Waals surface area contributed by atoms with E-state index in [0.29, 0.717) is 12.8 Å². The zero-order valence-electron chi connectivity index (χ0n) is 29.8. The van der Waals surface area contributed by atoms with E-state index in [9.17, 15) is 49.5 Å². The molecule has 52 heavy (non-hydrogen) atoms. The van der Waals surface area contributed by atoms with Gasteiger partial charge in [0.25, 0.3) is 0 Å². The molecule has 0 saturated heterocycles. The first-order valence-corrected chi connectivity index (χ1v) is 15.9. The van der Waals surface area contributed by atoms with E-state index >= 15 is 0 Å². The molecule has 3 atom stereocenters. The molecular weight excluding hydrogens is 846 g/mol. The molecule has 15 nitrogen and oxygen atoms in total. The van der Waals surface area contributed by atoms with Crippen LogP contribution in [0.4, 0.5) is 0 Å². The molecule has 2 aromatic carbocycles. The van der Waals surface area contributed by atoms with Gasteiger partial charge in [0, 0.05) is 45.3 Å². The molecule has 1 radical (unpaired) electrons. The van der Waals surface area contributed by atoms with Gasteiger partial charge in [0.15, 0.2) is 0 Å². The second kappa shape index (κ2) is 30.2. The maximum atomic E-state index is 12.3. The molecule has 0 aliphatic rings. The Hall–Kier alpha value is -1.09. The monoisotopic (exact) mass is 888 g/mol. The Labute approximate surface area is 380 Å². The average molecular weight is 888 g/mol. The Balaban J connectivity index is 0. The normalized spacial score (nSPS) is 12.5. The van der Waals surface area contributed by atoms with Crippen LogP contribution in [0, 0.1) is 39.9 Å². The van der Waals surface area contributed by atoms with Crippen LogP contribution in [0.25, 0.3) is 0 Å². The summed E-state index contributed by atoms with van der Waals surface area (Å²) in [5.74, 6) is -7.94. The van der Waals surface area contributed by atoms with Gasteiger partial charge in [0.05, 0.1) is 68.4 Å². The number of benzene rings is 2. The third kappa shape index (κ3) is 21.1. The van der Waals surface area contributed by atoms with Gasteiger partial charge in [-0.3, -0.25) is 14.7 Å². The summed E-state index contributed by atoms with van der Waals surface area (Å²) in [7, 11) is 0. The van der Waals surface area contributed by atoms with Crippen molar-refractivity contribution < 1.29 is 158 Å². The molecule has 0 saturated carbocycles. The number of ether oxygens (including phenoxy) is 2. The fourth-order valence-corrected chi connectivity index (χ4v) is 5.18. The number of rotatable bonds is 27. The molecule has 275 valence electrons. The Kier molecular flexibility index (Phi) is 30.8. The Bertz CT molecular complexity index is 1250. The third-order valence-electron chi connectivity index (χ3n) is 7.76. The van der Waals surface area contributed by atoms with Crippen molar-refractivity contribution in [3.8, 4) is 0 Å². The van der Waals surface area contributed by atoms with Crippen LogP contribution in [0.5, 0.6) is 0 Å². The van der Waals surface area contributed by atoms with E-state index in [4.69, 9.17) is 9.47 Å². The van der Waals surface area contributed by atoms with E-state index in [-0.39, 0.29) is 145 Å². The third-order valence-corrected chi connectivity index (χ3v) is 7.76. The first-order valence-electron chi connectivity index (χ1n) is 15.9.